The average Bonchev–Trinajstić information content (AvgIpc) is 2.73. The van der Waals surface area contributed by atoms with E-state index in [1.807, 2.05) is 0 Å². The van der Waals surface area contributed by atoms with Gasteiger partial charge in [-0.25, -0.2) is 8.78 Å². The highest BCUT2D eigenvalue weighted by Gasteiger charge is 2.23. The molecule has 106 valence electrons. The molecule has 0 radical (unpaired) electrons. The Kier molecular flexibility index (Phi) is 4.37. The number of hydrogen-bond donors (Lipinski definition) is 1. The lowest BCUT2D eigenvalue weighted by Crippen LogP contribution is -2.28. The molecule has 3 nitrogen and oxygen atoms in total. The SMILES string of the molecule is CN1CCC(CN(C)c2c(F)cc(CN)cc2F)C1. The van der Waals surface area contributed by atoms with Gasteiger partial charge >= 0.3 is 0 Å². The molecule has 0 aromatic heterocycles. The molecule has 1 unspecified atom stereocenters. The molecule has 0 bridgehead atoms. The van der Waals surface area contributed by atoms with Crippen molar-refractivity contribution in [3.05, 3.63) is 29.3 Å². The van der Waals surface area contributed by atoms with E-state index >= 15 is 0 Å². The number of likely N-dealkylation sites (tertiary alicyclic amines) is 1. The predicted octanol–water partition coefficient (Wildman–Crippen LogP) is 1.81. The average molecular weight is 269 g/mol. The van der Waals surface area contributed by atoms with Crippen LogP contribution in [0.25, 0.3) is 0 Å². The van der Waals surface area contributed by atoms with Crippen molar-refractivity contribution >= 4 is 5.69 Å². The first-order chi connectivity index (χ1) is 9.01. The Morgan fingerprint density at radius 2 is 2.00 bits per heavy atom. The Morgan fingerprint density at radius 1 is 1.37 bits per heavy atom. The highest BCUT2D eigenvalue weighted by Crippen LogP contribution is 2.26. The van der Waals surface area contributed by atoms with Crippen molar-refractivity contribution in [2.45, 2.75) is 13.0 Å². The summed E-state index contributed by atoms with van der Waals surface area (Å²) >= 11 is 0. The molecule has 1 aromatic carbocycles. The normalized spacial score (nSPS) is 19.9. The van der Waals surface area contributed by atoms with Crippen LogP contribution in [0, 0.1) is 17.6 Å². The second kappa shape index (κ2) is 5.84. The van der Waals surface area contributed by atoms with Crippen molar-refractivity contribution < 1.29 is 8.78 Å². The Balaban J connectivity index is 2.12. The molecule has 1 aliphatic heterocycles. The van der Waals surface area contributed by atoms with Crippen LogP contribution in [0.4, 0.5) is 14.5 Å². The summed E-state index contributed by atoms with van der Waals surface area (Å²) < 4.78 is 27.9. The third-order valence-corrected chi connectivity index (χ3v) is 3.72. The maximum absolute atomic E-state index is 14.0. The topological polar surface area (TPSA) is 32.5 Å². The van der Waals surface area contributed by atoms with Gasteiger partial charge in [0.1, 0.15) is 17.3 Å². The number of nitrogens with zero attached hydrogens (tertiary/aromatic N) is 2. The van der Waals surface area contributed by atoms with E-state index in [1.165, 1.54) is 12.1 Å². The predicted molar refractivity (Wildman–Crippen MR) is 73.1 cm³/mol. The van der Waals surface area contributed by atoms with E-state index in [4.69, 9.17) is 5.73 Å². The lowest BCUT2D eigenvalue weighted by atomic mass is 10.1. The molecule has 1 aliphatic rings. The first-order valence-corrected chi connectivity index (χ1v) is 6.59. The van der Waals surface area contributed by atoms with Gasteiger partial charge in [0, 0.05) is 26.7 Å². The number of rotatable bonds is 4. The first-order valence-electron chi connectivity index (χ1n) is 6.59. The molecular formula is C14H21F2N3. The molecular weight excluding hydrogens is 248 g/mol. The van der Waals surface area contributed by atoms with Crippen LogP contribution in [0.5, 0.6) is 0 Å². The minimum Gasteiger partial charge on any atom is -0.370 e. The van der Waals surface area contributed by atoms with Crippen LogP contribution >= 0.6 is 0 Å². The fraction of sp³-hybridized carbons (Fsp3) is 0.571. The zero-order valence-corrected chi connectivity index (χ0v) is 11.5. The maximum Gasteiger partial charge on any atom is 0.149 e. The fourth-order valence-corrected chi connectivity index (χ4v) is 2.75. The molecule has 1 heterocycles. The van der Waals surface area contributed by atoms with Gasteiger partial charge in [-0.2, -0.15) is 0 Å². The van der Waals surface area contributed by atoms with E-state index in [2.05, 4.69) is 11.9 Å². The van der Waals surface area contributed by atoms with Gasteiger partial charge in [0.25, 0.3) is 0 Å². The zero-order valence-electron chi connectivity index (χ0n) is 11.5. The van der Waals surface area contributed by atoms with Gasteiger partial charge in [-0.1, -0.05) is 0 Å². The largest absolute Gasteiger partial charge is 0.370 e. The molecule has 1 aromatic rings. The second-order valence-corrected chi connectivity index (χ2v) is 5.41. The maximum atomic E-state index is 14.0. The Labute approximate surface area is 113 Å². The summed E-state index contributed by atoms with van der Waals surface area (Å²) in [5, 5.41) is 0. The smallest absolute Gasteiger partial charge is 0.149 e. The van der Waals surface area contributed by atoms with Crippen molar-refractivity contribution in [3.63, 3.8) is 0 Å². The van der Waals surface area contributed by atoms with Crippen LogP contribution in [0.3, 0.4) is 0 Å². The number of hydrogen-bond acceptors (Lipinski definition) is 3. The van der Waals surface area contributed by atoms with Crippen molar-refractivity contribution in [1.29, 1.82) is 0 Å². The molecule has 2 N–H and O–H groups in total. The lowest BCUT2D eigenvalue weighted by Gasteiger charge is -2.24. The zero-order chi connectivity index (χ0) is 14.0. The molecule has 2 rings (SSSR count). The van der Waals surface area contributed by atoms with E-state index in [9.17, 15) is 8.78 Å². The number of benzene rings is 1. The van der Waals surface area contributed by atoms with Crippen LogP contribution in [-0.4, -0.2) is 38.6 Å². The van der Waals surface area contributed by atoms with E-state index in [-0.39, 0.29) is 12.2 Å². The van der Waals surface area contributed by atoms with E-state index < -0.39 is 11.6 Å². The van der Waals surface area contributed by atoms with E-state index in [0.29, 0.717) is 18.0 Å². The summed E-state index contributed by atoms with van der Waals surface area (Å²) in [6.45, 7) is 2.84. The van der Waals surface area contributed by atoms with Crippen molar-refractivity contribution in [2.75, 3.05) is 38.6 Å². The van der Waals surface area contributed by atoms with Crippen molar-refractivity contribution in [3.8, 4) is 0 Å². The number of anilines is 1. The first kappa shape index (κ1) is 14.2. The van der Waals surface area contributed by atoms with Crippen LogP contribution in [0.2, 0.25) is 0 Å². The molecule has 0 amide bonds. The van der Waals surface area contributed by atoms with Crippen molar-refractivity contribution in [1.82, 2.24) is 4.90 Å². The van der Waals surface area contributed by atoms with Gasteiger partial charge in [-0.15, -0.1) is 0 Å². The van der Waals surface area contributed by atoms with Gasteiger partial charge < -0.3 is 15.5 Å². The molecule has 0 saturated carbocycles. The summed E-state index contributed by atoms with van der Waals surface area (Å²) in [7, 11) is 3.80. The van der Waals surface area contributed by atoms with Gasteiger partial charge in [-0.3, -0.25) is 0 Å². The molecule has 0 aliphatic carbocycles. The van der Waals surface area contributed by atoms with E-state index in [0.717, 1.165) is 19.5 Å². The Morgan fingerprint density at radius 3 is 2.47 bits per heavy atom. The summed E-state index contributed by atoms with van der Waals surface area (Å²) in [4.78, 5) is 3.91. The monoisotopic (exact) mass is 269 g/mol. The highest BCUT2D eigenvalue weighted by atomic mass is 19.1. The van der Waals surface area contributed by atoms with Crippen molar-refractivity contribution in [2.24, 2.45) is 11.7 Å². The summed E-state index contributed by atoms with van der Waals surface area (Å²) in [6, 6.07) is 2.63. The van der Waals surface area contributed by atoms with Crippen LogP contribution in [-0.2, 0) is 6.54 Å². The fourth-order valence-electron chi connectivity index (χ4n) is 2.75. The minimum atomic E-state index is -0.533. The van der Waals surface area contributed by atoms with Gasteiger partial charge in [0.2, 0.25) is 0 Å². The summed E-state index contributed by atoms with van der Waals surface area (Å²) in [5.41, 5.74) is 5.94. The minimum absolute atomic E-state index is 0.0479. The molecule has 0 spiro atoms. The second-order valence-electron chi connectivity index (χ2n) is 5.41. The van der Waals surface area contributed by atoms with Gasteiger partial charge in [0.05, 0.1) is 0 Å². The lowest BCUT2D eigenvalue weighted by molar-refractivity contribution is 0.395. The van der Waals surface area contributed by atoms with E-state index in [1.54, 1.807) is 11.9 Å². The highest BCUT2D eigenvalue weighted by molar-refractivity contribution is 5.50. The summed E-state index contributed by atoms with van der Waals surface area (Å²) in [6.07, 6.45) is 1.07. The van der Waals surface area contributed by atoms with Crippen LogP contribution in [0.1, 0.15) is 12.0 Å². The van der Waals surface area contributed by atoms with Gasteiger partial charge in [-0.05, 0) is 43.6 Å². The van der Waals surface area contributed by atoms with Crippen LogP contribution in [0.15, 0.2) is 12.1 Å². The summed E-state index contributed by atoms with van der Waals surface area (Å²) in [5.74, 6) is -0.605. The third-order valence-electron chi connectivity index (χ3n) is 3.72. The molecule has 19 heavy (non-hydrogen) atoms. The molecule has 5 heteroatoms. The molecule has 1 atom stereocenters. The standard InChI is InChI=1S/C14H21F2N3/c1-18-4-3-10(8-18)9-19(2)14-12(15)5-11(7-17)6-13(14)16/h5-6,10H,3-4,7-9,17H2,1-2H3. The number of halogens is 2. The molecule has 1 fully saturated rings. The number of nitrogens with two attached hydrogens (primary N) is 1. The Bertz CT molecular complexity index is 427. The molecule has 1 saturated heterocycles. The third kappa shape index (κ3) is 3.22. The van der Waals surface area contributed by atoms with Gasteiger partial charge in [0.15, 0.2) is 0 Å². The quantitative estimate of drug-likeness (QED) is 0.905. The Hall–Kier alpha value is -1.20. The van der Waals surface area contributed by atoms with Crippen LogP contribution < -0.4 is 10.6 Å².